The summed E-state index contributed by atoms with van der Waals surface area (Å²) in [5, 5.41) is 4.07. The Morgan fingerprint density at radius 3 is 2.47 bits per heavy atom. The second-order valence-electron chi connectivity index (χ2n) is 3.84. The van der Waals surface area contributed by atoms with Crippen LogP contribution in [0, 0.1) is 0 Å². The Morgan fingerprint density at radius 1 is 1.32 bits per heavy atom. The normalized spacial score (nSPS) is 11.5. The van der Waals surface area contributed by atoms with Crippen molar-refractivity contribution in [2.45, 2.75) is 11.8 Å². The minimum Gasteiger partial charge on any atom is -0.476 e. The van der Waals surface area contributed by atoms with Crippen molar-refractivity contribution in [3.63, 3.8) is 0 Å². The molecule has 1 heterocycles. The van der Waals surface area contributed by atoms with Crippen molar-refractivity contribution in [1.82, 2.24) is 9.78 Å². The van der Waals surface area contributed by atoms with Crippen LogP contribution in [0.3, 0.4) is 0 Å². The van der Waals surface area contributed by atoms with Gasteiger partial charge in [-0.05, 0) is 6.92 Å². The van der Waals surface area contributed by atoms with Gasteiger partial charge in [0.1, 0.15) is 0 Å². The number of rotatable bonds is 4. The summed E-state index contributed by atoms with van der Waals surface area (Å²) in [4.78, 5) is -0.0929. The van der Waals surface area contributed by atoms with Crippen LogP contribution in [0.25, 0.3) is 11.3 Å². The molecule has 0 aliphatic carbocycles. The molecule has 0 unspecified atom stereocenters. The van der Waals surface area contributed by atoms with E-state index in [9.17, 15) is 8.42 Å². The molecule has 102 valence electrons. The zero-order valence-electron chi connectivity index (χ0n) is 10.5. The number of halogens is 1. The van der Waals surface area contributed by atoms with Gasteiger partial charge in [0.2, 0.25) is 0 Å². The van der Waals surface area contributed by atoms with Gasteiger partial charge in [0.15, 0.2) is 4.90 Å². The molecule has 0 saturated heterocycles. The third kappa shape index (κ3) is 2.74. The fourth-order valence-electron chi connectivity index (χ4n) is 1.84. The van der Waals surface area contributed by atoms with Crippen molar-refractivity contribution in [2.75, 3.05) is 6.61 Å². The highest BCUT2D eigenvalue weighted by Crippen LogP contribution is 2.36. The quantitative estimate of drug-likeness (QED) is 0.814. The van der Waals surface area contributed by atoms with Gasteiger partial charge < -0.3 is 4.74 Å². The van der Waals surface area contributed by atoms with Crippen molar-refractivity contribution in [2.24, 2.45) is 7.05 Å². The van der Waals surface area contributed by atoms with Gasteiger partial charge in [0.25, 0.3) is 14.9 Å². The average molecular weight is 301 g/mol. The molecular weight excluding hydrogens is 288 g/mol. The maximum atomic E-state index is 11.8. The van der Waals surface area contributed by atoms with Crippen LogP contribution in [0.1, 0.15) is 6.92 Å². The minimum atomic E-state index is -3.95. The van der Waals surface area contributed by atoms with E-state index in [4.69, 9.17) is 15.4 Å². The number of benzene rings is 1. The average Bonchev–Trinajstić information content (AvgIpc) is 2.67. The summed E-state index contributed by atoms with van der Waals surface area (Å²) < 4.78 is 30.2. The van der Waals surface area contributed by atoms with Gasteiger partial charge >= 0.3 is 0 Å². The second kappa shape index (κ2) is 5.22. The summed E-state index contributed by atoms with van der Waals surface area (Å²) in [5.41, 5.74) is 1.13. The summed E-state index contributed by atoms with van der Waals surface area (Å²) in [6.07, 6.45) is 0. The molecule has 19 heavy (non-hydrogen) atoms. The van der Waals surface area contributed by atoms with Gasteiger partial charge in [-0.2, -0.15) is 0 Å². The Labute approximate surface area is 116 Å². The van der Waals surface area contributed by atoms with Gasteiger partial charge in [-0.15, -0.1) is 5.10 Å². The highest BCUT2D eigenvalue weighted by molar-refractivity contribution is 8.14. The molecule has 5 nitrogen and oxygen atoms in total. The van der Waals surface area contributed by atoms with Crippen molar-refractivity contribution in [3.05, 3.63) is 30.3 Å². The molecule has 0 aliphatic rings. The number of hydrogen-bond acceptors (Lipinski definition) is 4. The Bertz CT molecular complexity index is 681. The van der Waals surface area contributed by atoms with Crippen LogP contribution < -0.4 is 4.74 Å². The summed E-state index contributed by atoms with van der Waals surface area (Å²) in [7, 11) is 3.21. The summed E-state index contributed by atoms with van der Waals surface area (Å²) >= 11 is 0. The third-order valence-corrected chi connectivity index (χ3v) is 3.86. The number of nitrogens with zero attached hydrogens (tertiary/aromatic N) is 2. The van der Waals surface area contributed by atoms with E-state index in [1.165, 1.54) is 4.68 Å². The lowest BCUT2D eigenvalue weighted by Crippen LogP contribution is -1.99. The first-order valence-corrected chi connectivity index (χ1v) is 7.96. The maximum absolute atomic E-state index is 11.8. The number of hydrogen-bond donors (Lipinski definition) is 0. The molecule has 1 aromatic carbocycles. The van der Waals surface area contributed by atoms with E-state index in [0.29, 0.717) is 17.9 Å². The van der Waals surface area contributed by atoms with Crippen LogP contribution in [0.4, 0.5) is 0 Å². The molecule has 0 atom stereocenters. The predicted molar refractivity (Wildman–Crippen MR) is 72.9 cm³/mol. The zero-order valence-corrected chi connectivity index (χ0v) is 12.1. The van der Waals surface area contributed by atoms with E-state index in [-0.39, 0.29) is 10.8 Å². The monoisotopic (exact) mass is 300 g/mol. The Kier molecular flexibility index (Phi) is 3.82. The molecule has 7 heteroatoms. The molecule has 0 fully saturated rings. The van der Waals surface area contributed by atoms with Crippen LogP contribution in [-0.4, -0.2) is 24.8 Å². The van der Waals surface area contributed by atoms with E-state index >= 15 is 0 Å². The lowest BCUT2D eigenvalue weighted by molar-refractivity contribution is 0.315. The fraction of sp³-hybridized carbons (Fsp3) is 0.250. The molecule has 0 radical (unpaired) electrons. The molecule has 2 aromatic rings. The Balaban J connectivity index is 2.74. The first-order chi connectivity index (χ1) is 8.95. The number of aromatic nitrogens is 2. The van der Waals surface area contributed by atoms with Crippen molar-refractivity contribution >= 4 is 19.7 Å². The molecule has 0 bridgehead atoms. The van der Waals surface area contributed by atoms with Crippen LogP contribution in [-0.2, 0) is 16.1 Å². The van der Waals surface area contributed by atoms with E-state index in [1.807, 2.05) is 18.2 Å². The first-order valence-electron chi connectivity index (χ1n) is 5.65. The standard InChI is InChI=1S/C12H13ClN2O3S/c1-3-18-12-11(19(13,16)17)10(15(2)14-12)9-7-5-4-6-8-9/h4-8H,3H2,1-2H3. The SMILES string of the molecule is CCOc1nn(C)c(-c2ccccc2)c1S(=O)(=O)Cl. The van der Waals surface area contributed by atoms with Crippen LogP contribution in [0.15, 0.2) is 35.2 Å². The van der Waals surface area contributed by atoms with Crippen LogP contribution >= 0.6 is 10.7 Å². The van der Waals surface area contributed by atoms with E-state index in [2.05, 4.69) is 5.10 Å². The topological polar surface area (TPSA) is 61.2 Å². The highest BCUT2D eigenvalue weighted by Gasteiger charge is 2.28. The second-order valence-corrected chi connectivity index (χ2v) is 6.35. The van der Waals surface area contributed by atoms with Crippen molar-refractivity contribution < 1.29 is 13.2 Å². The molecule has 1 aromatic heterocycles. The van der Waals surface area contributed by atoms with Crippen molar-refractivity contribution in [3.8, 4) is 17.1 Å². The van der Waals surface area contributed by atoms with Crippen LogP contribution in [0.2, 0.25) is 0 Å². The number of ether oxygens (including phenoxy) is 1. The molecule has 0 spiro atoms. The lowest BCUT2D eigenvalue weighted by Gasteiger charge is -2.04. The predicted octanol–water partition coefficient (Wildman–Crippen LogP) is 2.41. The van der Waals surface area contributed by atoms with E-state index in [1.54, 1.807) is 26.1 Å². The molecule has 0 saturated carbocycles. The highest BCUT2D eigenvalue weighted by atomic mass is 35.7. The van der Waals surface area contributed by atoms with Crippen LogP contribution in [0.5, 0.6) is 5.88 Å². The zero-order chi connectivity index (χ0) is 14.0. The maximum Gasteiger partial charge on any atom is 0.268 e. The lowest BCUT2D eigenvalue weighted by atomic mass is 10.1. The minimum absolute atomic E-state index is 0.0267. The molecule has 0 N–H and O–H groups in total. The van der Waals surface area contributed by atoms with E-state index < -0.39 is 9.05 Å². The van der Waals surface area contributed by atoms with Gasteiger partial charge in [-0.25, -0.2) is 8.42 Å². The largest absolute Gasteiger partial charge is 0.476 e. The van der Waals surface area contributed by atoms with Gasteiger partial charge in [0.05, 0.1) is 12.3 Å². The summed E-state index contributed by atoms with van der Waals surface area (Å²) in [6, 6.07) is 9.05. The summed E-state index contributed by atoms with van der Waals surface area (Å²) in [5.74, 6) is 0.0267. The Morgan fingerprint density at radius 2 is 1.95 bits per heavy atom. The van der Waals surface area contributed by atoms with Gasteiger partial charge in [-0.3, -0.25) is 4.68 Å². The first kappa shape index (κ1) is 13.9. The van der Waals surface area contributed by atoms with Gasteiger partial charge in [0, 0.05) is 23.3 Å². The number of aryl methyl sites for hydroxylation is 1. The van der Waals surface area contributed by atoms with E-state index in [0.717, 1.165) is 0 Å². The fourth-order valence-corrected chi connectivity index (χ4v) is 3.05. The third-order valence-electron chi connectivity index (χ3n) is 2.55. The van der Waals surface area contributed by atoms with Crippen molar-refractivity contribution in [1.29, 1.82) is 0 Å². The molecule has 2 rings (SSSR count). The molecular formula is C12H13ClN2O3S. The Hall–Kier alpha value is -1.53. The smallest absolute Gasteiger partial charge is 0.268 e. The van der Waals surface area contributed by atoms with Gasteiger partial charge in [-0.1, -0.05) is 30.3 Å². The summed E-state index contributed by atoms with van der Waals surface area (Å²) in [6.45, 7) is 2.06. The molecule has 0 amide bonds. The molecule has 0 aliphatic heterocycles.